The molecule has 2 aromatic heterocycles. The predicted molar refractivity (Wildman–Crippen MR) is 87.5 cm³/mol. The lowest BCUT2D eigenvalue weighted by Crippen LogP contribution is -2.35. The number of aromatic nitrogens is 5. The molecule has 0 bridgehead atoms. The summed E-state index contributed by atoms with van der Waals surface area (Å²) in [5.41, 5.74) is -0.561. The van der Waals surface area contributed by atoms with E-state index in [1.165, 1.54) is 4.68 Å². The summed E-state index contributed by atoms with van der Waals surface area (Å²) in [5, 5.41) is 6.99. The summed E-state index contributed by atoms with van der Waals surface area (Å²) in [7, 11) is 0. The first-order valence-corrected chi connectivity index (χ1v) is 7.73. The second-order valence-corrected chi connectivity index (χ2v) is 6.53. The highest BCUT2D eigenvalue weighted by atomic mass is 127. The maximum Gasteiger partial charge on any atom is 0.408 e. The molecule has 0 saturated heterocycles. The molecule has 0 radical (unpaired) electrons. The van der Waals surface area contributed by atoms with E-state index in [4.69, 9.17) is 4.74 Å². The predicted octanol–water partition coefficient (Wildman–Crippen LogP) is 2.25. The number of nitrogens with one attached hydrogen (secondary N) is 1. The van der Waals surface area contributed by atoms with Gasteiger partial charge in [-0.2, -0.15) is 4.68 Å². The van der Waals surface area contributed by atoms with Gasteiger partial charge in [0.25, 0.3) is 5.95 Å². The van der Waals surface area contributed by atoms with Crippen LogP contribution in [-0.4, -0.2) is 36.4 Å². The molecule has 1 atom stereocenters. The number of carbonyl (C=O) groups excluding carboxylic acids is 1. The van der Waals surface area contributed by atoms with Crippen LogP contribution in [0, 0.1) is 3.83 Å². The molecule has 0 aliphatic rings. The topological polar surface area (TPSA) is 94.8 Å². The van der Waals surface area contributed by atoms with Gasteiger partial charge in [-0.05, 0) is 33.8 Å². The number of carbonyl (C=O) groups is 1. The van der Waals surface area contributed by atoms with Crippen molar-refractivity contribution >= 4 is 28.7 Å². The molecule has 0 fully saturated rings. The smallest absolute Gasteiger partial charge is 0.408 e. The largest absolute Gasteiger partial charge is 0.444 e. The third-order valence-corrected chi connectivity index (χ3v) is 2.93. The Bertz CT molecular complexity index is 652. The fourth-order valence-electron chi connectivity index (χ4n) is 1.67. The normalized spacial score (nSPS) is 12.8. The zero-order chi connectivity index (χ0) is 16.3. The fraction of sp³-hybridized carbons (Fsp3) is 0.462. The van der Waals surface area contributed by atoms with Gasteiger partial charge in [-0.15, -0.1) is 5.10 Å². The van der Waals surface area contributed by atoms with Crippen molar-refractivity contribution in [3.05, 3.63) is 28.1 Å². The van der Waals surface area contributed by atoms with Crippen LogP contribution in [0.1, 0.15) is 39.6 Å². The van der Waals surface area contributed by atoms with E-state index in [-0.39, 0.29) is 0 Å². The van der Waals surface area contributed by atoms with Crippen LogP contribution in [0.4, 0.5) is 4.79 Å². The summed E-state index contributed by atoms with van der Waals surface area (Å²) in [6, 6.07) is 1.31. The number of ether oxygens (including phenoxy) is 1. The van der Waals surface area contributed by atoms with E-state index in [0.717, 1.165) is 0 Å². The lowest BCUT2D eigenvalue weighted by molar-refractivity contribution is 0.0505. The SMILES string of the molecule is C[C@H](NC(=O)OC(C)(C)C)c1nc(I)nn1-c1ncccn1. The van der Waals surface area contributed by atoms with E-state index >= 15 is 0 Å². The second-order valence-electron chi connectivity index (χ2n) is 5.57. The minimum absolute atomic E-state index is 0.394. The maximum atomic E-state index is 11.9. The first kappa shape index (κ1) is 16.6. The van der Waals surface area contributed by atoms with Crippen molar-refractivity contribution < 1.29 is 9.53 Å². The van der Waals surface area contributed by atoms with E-state index in [1.54, 1.807) is 46.2 Å². The monoisotopic (exact) mass is 416 g/mol. The molecule has 0 aliphatic carbocycles. The Labute approximate surface area is 141 Å². The number of rotatable bonds is 3. The molecule has 9 heteroatoms. The summed E-state index contributed by atoms with van der Waals surface area (Å²) < 4.78 is 7.29. The molecule has 1 amide bonds. The molecule has 2 heterocycles. The number of hydrogen-bond donors (Lipinski definition) is 1. The number of hydrogen-bond acceptors (Lipinski definition) is 6. The number of amides is 1. The maximum absolute atomic E-state index is 11.9. The van der Waals surface area contributed by atoms with Crippen molar-refractivity contribution in [3.63, 3.8) is 0 Å². The van der Waals surface area contributed by atoms with Crippen LogP contribution in [0.25, 0.3) is 5.95 Å². The summed E-state index contributed by atoms with van der Waals surface area (Å²) in [6.45, 7) is 7.21. The third-order valence-electron chi connectivity index (χ3n) is 2.47. The van der Waals surface area contributed by atoms with Gasteiger partial charge in [0.15, 0.2) is 5.82 Å². The molecule has 0 unspecified atom stereocenters. The minimum atomic E-state index is -0.561. The molecule has 2 rings (SSSR count). The van der Waals surface area contributed by atoms with Gasteiger partial charge >= 0.3 is 6.09 Å². The lowest BCUT2D eigenvalue weighted by Gasteiger charge is -2.21. The standard InChI is InChI=1S/C13H17IN6O2/c1-8(17-12(21)22-13(2,3)4)9-18-10(14)19-20(9)11-15-6-5-7-16-11/h5-8H,1-4H3,(H,17,21)/t8-/m0/s1. The summed E-state index contributed by atoms with van der Waals surface area (Å²) in [5.74, 6) is 0.923. The number of halogens is 1. The average Bonchev–Trinajstić information content (AvgIpc) is 2.79. The first-order valence-electron chi connectivity index (χ1n) is 6.65. The Balaban J connectivity index is 2.20. The van der Waals surface area contributed by atoms with E-state index in [0.29, 0.717) is 15.6 Å². The fourth-order valence-corrected chi connectivity index (χ4v) is 2.14. The van der Waals surface area contributed by atoms with Gasteiger partial charge in [0, 0.05) is 35.0 Å². The highest BCUT2D eigenvalue weighted by Crippen LogP contribution is 2.15. The van der Waals surface area contributed by atoms with Crippen molar-refractivity contribution in [1.29, 1.82) is 0 Å². The van der Waals surface area contributed by atoms with Gasteiger partial charge in [-0.3, -0.25) is 0 Å². The average molecular weight is 416 g/mol. The summed E-state index contributed by atoms with van der Waals surface area (Å²) in [6.07, 6.45) is 2.72. The van der Waals surface area contributed by atoms with Crippen molar-refractivity contribution in [2.75, 3.05) is 0 Å². The van der Waals surface area contributed by atoms with Crippen molar-refractivity contribution in [2.24, 2.45) is 0 Å². The molecule has 0 aliphatic heterocycles. The molecule has 0 spiro atoms. The van der Waals surface area contributed by atoms with E-state index < -0.39 is 17.7 Å². The highest BCUT2D eigenvalue weighted by Gasteiger charge is 2.23. The van der Waals surface area contributed by atoms with Crippen LogP contribution in [0.3, 0.4) is 0 Å². The Morgan fingerprint density at radius 1 is 1.36 bits per heavy atom. The van der Waals surface area contributed by atoms with Crippen molar-refractivity contribution in [3.8, 4) is 5.95 Å². The number of alkyl carbamates (subject to hydrolysis) is 1. The quantitative estimate of drug-likeness (QED) is 0.772. The summed E-state index contributed by atoms with van der Waals surface area (Å²) >= 11 is 2.00. The summed E-state index contributed by atoms with van der Waals surface area (Å²) in [4.78, 5) is 24.5. The third kappa shape index (κ3) is 4.36. The Kier molecular flexibility index (Phi) is 4.94. The van der Waals surface area contributed by atoms with Crippen LogP contribution in [0.5, 0.6) is 0 Å². The van der Waals surface area contributed by atoms with Crippen LogP contribution < -0.4 is 5.32 Å². The molecule has 1 N–H and O–H groups in total. The van der Waals surface area contributed by atoms with Crippen molar-refractivity contribution in [2.45, 2.75) is 39.3 Å². The van der Waals surface area contributed by atoms with Crippen LogP contribution in [-0.2, 0) is 4.74 Å². The zero-order valence-corrected chi connectivity index (χ0v) is 14.9. The molecule has 2 aromatic rings. The Hall–Kier alpha value is -1.78. The molecule has 8 nitrogen and oxygen atoms in total. The van der Waals surface area contributed by atoms with Gasteiger partial charge < -0.3 is 10.1 Å². The first-order chi connectivity index (χ1) is 10.3. The molecule has 0 aromatic carbocycles. The molecule has 118 valence electrons. The zero-order valence-electron chi connectivity index (χ0n) is 12.7. The van der Waals surface area contributed by atoms with Crippen molar-refractivity contribution in [1.82, 2.24) is 30.0 Å². The van der Waals surface area contributed by atoms with E-state index in [9.17, 15) is 4.79 Å². The number of nitrogens with zero attached hydrogens (tertiary/aromatic N) is 5. The Morgan fingerprint density at radius 3 is 2.59 bits per heavy atom. The molecule has 22 heavy (non-hydrogen) atoms. The van der Waals surface area contributed by atoms with E-state index in [1.807, 2.05) is 22.6 Å². The molecular weight excluding hydrogens is 399 g/mol. The second kappa shape index (κ2) is 6.55. The van der Waals surface area contributed by atoms with Gasteiger partial charge in [0.1, 0.15) is 5.60 Å². The van der Waals surface area contributed by atoms with Gasteiger partial charge in [0.05, 0.1) is 6.04 Å². The Morgan fingerprint density at radius 2 is 2.00 bits per heavy atom. The molecular formula is C13H17IN6O2. The highest BCUT2D eigenvalue weighted by molar-refractivity contribution is 14.1. The van der Waals surface area contributed by atoms with Crippen LogP contribution in [0.2, 0.25) is 0 Å². The minimum Gasteiger partial charge on any atom is -0.444 e. The van der Waals surface area contributed by atoms with E-state index in [2.05, 4.69) is 25.4 Å². The van der Waals surface area contributed by atoms with Gasteiger partial charge in [0.2, 0.25) is 3.83 Å². The molecule has 0 saturated carbocycles. The van der Waals surface area contributed by atoms with Gasteiger partial charge in [-0.25, -0.2) is 19.7 Å². The van der Waals surface area contributed by atoms with Crippen LogP contribution in [0.15, 0.2) is 18.5 Å². The van der Waals surface area contributed by atoms with Gasteiger partial charge in [-0.1, -0.05) is 0 Å². The van der Waals surface area contributed by atoms with Crippen LogP contribution >= 0.6 is 22.6 Å². The lowest BCUT2D eigenvalue weighted by atomic mass is 10.2.